The van der Waals surface area contributed by atoms with Crippen LogP contribution in [0.1, 0.15) is 36.5 Å². The Morgan fingerprint density at radius 3 is 2.58 bits per heavy atom. The number of amides is 1. The first-order valence-electron chi connectivity index (χ1n) is 8.21. The van der Waals surface area contributed by atoms with Crippen molar-refractivity contribution in [2.24, 2.45) is 5.10 Å². The Balaban J connectivity index is 1.96. The molecule has 1 N–H and O–H groups in total. The van der Waals surface area contributed by atoms with Crippen molar-refractivity contribution in [2.45, 2.75) is 33.6 Å². The minimum atomic E-state index is -0.263. The lowest BCUT2D eigenvalue weighted by Gasteiger charge is -2.10. The van der Waals surface area contributed by atoms with E-state index in [1.54, 1.807) is 0 Å². The molecule has 0 saturated carbocycles. The monoisotopic (exact) mass is 324 g/mol. The maximum absolute atomic E-state index is 12.0. The van der Waals surface area contributed by atoms with Gasteiger partial charge in [0.25, 0.3) is 5.91 Å². The molecule has 1 amide bonds. The van der Waals surface area contributed by atoms with Crippen molar-refractivity contribution in [3.8, 4) is 5.75 Å². The van der Waals surface area contributed by atoms with Crippen LogP contribution in [0.3, 0.4) is 0 Å². The molecule has 0 saturated heterocycles. The van der Waals surface area contributed by atoms with Crippen LogP contribution in [0.2, 0.25) is 0 Å². The molecule has 2 rings (SSSR count). The van der Waals surface area contributed by atoms with Crippen molar-refractivity contribution in [3.05, 3.63) is 65.2 Å². The Hall–Kier alpha value is -2.62. The summed E-state index contributed by atoms with van der Waals surface area (Å²) >= 11 is 0. The molecule has 4 heteroatoms. The third-order valence-corrected chi connectivity index (χ3v) is 3.61. The van der Waals surface area contributed by atoms with Crippen LogP contribution in [0.15, 0.2) is 53.6 Å². The number of aryl methyl sites for hydroxylation is 2. The fraction of sp³-hybridized carbons (Fsp3) is 0.300. The topological polar surface area (TPSA) is 50.7 Å². The van der Waals surface area contributed by atoms with Crippen LogP contribution in [0, 0.1) is 13.8 Å². The van der Waals surface area contributed by atoms with Gasteiger partial charge in [0.2, 0.25) is 0 Å². The maximum atomic E-state index is 12.0. The smallest absolute Gasteiger partial charge is 0.277 e. The van der Waals surface area contributed by atoms with Crippen molar-refractivity contribution in [1.82, 2.24) is 5.43 Å². The highest BCUT2D eigenvalue weighted by molar-refractivity contribution is 6.01. The van der Waals surface area contributed by atoms with E-state index in [1.807, 2.05) is 62.4 Å². The second kappa shape index (κ2) is 8.87. The van der Waals surface area contributed by atoms with E-state index in [0.29, 0.717) is 0 Å². The second-order valence-electron chi connectivity index (χ2n) is 5.77. The molecule has 0 aliphatic rings. The predicted molar refractivity (Wildman–Crippen MR) is 97.4 cm³/mol. The van der Waals surface area contributed by atoms with Gasteiger partial charge in [0, 0.05) is 0 Å². The first-order valence-corrected chi connectivity index (χ1v) is 8.21. The largest absolute Gasteiger partial charge is 0.483 e. The van der Waals surface area contributed by atoms with Gasteiger partial charge in [-0.15, -0.1) is 0 Å². The molecule has 4 nitrogen and oxygen atoms in total. The average molecular weight is 324 g/mol. The molecule has 0 aliphatic carbocycles. The zero-order valence-electron chi connectivity index (χ0n) is 14.5. The molecule has 0 unspecified atom stereocenters. The van der Waals surface area contributed by atoms with E-state index >= 15 is 0 Å². The molecular formula is C20H24N2O2. The van der Waals surface area contributed by atoms with Gasteiger partial charge < -0.3 is 4.74 Å². The summed E-state index contributed by atoms with van der Waals surface area (Å²) in [6.45, 7) is 5.99. The summed E-state index contributed by atoms with van der Waals surface area (Å²) in [7, 11) is 0. The van der Waals surface area contributed by atoms with Gasteiger partial charge in [0.05, 0.1) is 5.71 Å². The highest BCUT2D eigenvalue weighted by atomic mass is 16.5. The highest BCUT2D eigenvalue weighted by Gasteiger charge is 2.07. The molecule has 0 spiro atoms. The maximum Gasteiger partial charge on any atom is 0.277 e. The van der Waals surface area contributed by atoms with Gasteiger partial charge in [0.1, 0.15) is 5.75 Å². The van der Waals surface area contributed by atoms with Gasteiger partial charge in [-0.25, -0.2) is 5.43 Å². The Kier molecular flexibility index (Phi) is 6.55. The van der Waals surface area contributed by atoms with E-state index in [1.165, 1.54) is 0 Å². The lowest BCUT2D eigenvalue weighted by atomic mass is 10.1. The molecule has 2 aromatic rings. The van der Waals surface area contributed by atoms with Crippen LogP contribution >= 0.6 is 0 Å². The van der Waals surface area contributed by atoms with Crippen molar-refractivity contribution < 1.29 is 9.53 Å². The lowest BCUT2D eigenvalue weighted by Crippen LogP contribution is -2.26. The Labute approximate surface area is 143 Å². The number of hydrazone groups is 1. The van der Waals surface area contributed by atoms with Crippen LogP contribution in [0.5, 0.6) is 5.75 Å². The van der Waals surface area contributed by atoms with Gasteiger partial charge in [-0.2, -0.15) is 5.10 Å². The summed E-state index contributed by atoms with van der Waals surface area (Å²) in [5, 5.41) is 4.27. The number of carbonyl (C=O) groups is 1. The number of hydrogen-bond acceptors (Lipinski definition) is 3. The van der Waals surface area contributed by atoms with Gasteiger partial charge in [-0.3, -0.25) is 4.79 Å². The van der Waals surface area contributed by atoms with E-state index in [0.717, 1.165) is 41.0 Å². The van der Waals surface area contributed by atoms with Crippen molar-refractivity contribution in [3.63, 3.8) is 0 Å². The Morgan fingerprint density at radius 1 is 1.12 bits per heavy atom. The van der Waals surface area contributed by atoms with E-state index in [4.69, 9.17) is 4.74 Å². The molecule has 2 aromatic carbocycles. The van der Waals surface area contributed by atoms with Crippen LogP contribution in [0.25, 0.3) is 0 Å². The number of nitrogens with one attached hydrogen (secondary N) is 1. The minimum absolute atomic E-state index is 0.0536. The van der Waals surface area contributed by atoms with Gasteiger partial charge in [-0.1, -0.05) is 55.8 Å². The number of benzene rings is 2. The quantitative estimate of drug-likeness (QED) is 0.618. The van der Waals surface area contributed by atoms with Gasteiger partial charge >= 0.3 is 0 Å². The first-order chi connectivity index (χ1) is 11.6. The lowest BCUT2D eigenvalue weighted by molar-refractivity contribution is -0.123. The molecule has 0 bridgehead atoms. The molecule has 0 heterocycles. The third kappa shape index (κ3) is 5.23. The normalized spacial score (nSPS) is 11.2. The molecule has 0 aliphatic heterocycles. The van der Waals surface area contributed by atoms with Crippen molar-refractivity contribution in [2.75, 3.05) is 6.61 Å². The number of rotatable bonds is 7. The van der Waals surface area contributed by atoms with Crippen LogP contribution in [-0.2, 0) is 4.79 Å². The third-order valence-electron chi connectivity index (χ3n) is 3.61. The highest BCUT2D eigenvalue weighted by Crippen LogP contribution is 2.18. The summed E-state index contributed by atoms with van der Waals surface area (Å²) in [4.78, 5) is 12.0. The zero-order chi connectivity index (χ0) is 17.4. The van der Waals surface area contributed by atoms with Crippen molar-refractivity contribution in [1.29, 1.82) is 0 Å². The summed E-state index contributed by atoms with van der Waals surface area (Å²) in [6, 6.07) is 15.8. The van der Waals surface area contributed by atoms with Gasteiger partial charge in [0.15, 0.2) is 6.61 Å². The molecule has 0 fully saturated rings. The fourth-order valence-electron chi connectivity index (χ4n) is 2.30. The number of hydrogen-bond donors (Lipinski definition) is 1. The van der Waals surface area contributed by atoms with Crippen LogP contribution in [0.4, 0.5) is 0 Å². The summed E-state index contributed by atoms with van der Waals surface area (Å²) < 4.78 is 5.60. The van der Waals surface area contributed by atoms with Crippen LogP contribution in [-0.4, -0.2) is 18.2 Å². The van der Waals surface area contributed by atoms with E-state index in [9.17, 15) is 4.79 Å². The second-order valence-corrected chi connectivity index (χ2v) is 5.77. The molecule has 0 radical (unpaired) electrons. The van der Waals surface area contributed by atoms with E-state index in [-0.39, 0.29) is 12.5 Å². The number of nitrogens with zero attached hydrogens (tertiary/aromatic N) is 1. The minimum Gasteiger partial charge on any atom is -0.483 e. The Bertz CT molecular complexity index is 709. The zero-order valence-corrected chi connectivity index (χ0v) is 14.5. The van der Waals surface area contributed by atoms with Crippen molar-refractivity contribution >= 4 is 11.6 Å². The van der Waals surface area contributed by atoms with E-state index in [2.05, 4.69) is 17.5 Å². The van der Waals surface area contributed by atoms with E-state index < -0.39 is 0 Å². The molecule has 0 aromatic heterocycles. The average Bonchev–Trinajstić information content (AvgIpc) is 2.60. The Morgan fingerprint density at radius 2 is 1.88 bits per heavy atom. The summed E-state index contributed by atoms with van der Waals surface area (Å²) in [5.74, 6) is 0.464. The molecule has 126 valence electrons. The summed E-state index contributed by atoms with van der Waals surface area (Å²) in [5.41, 5.74) is 6.60. The number of ether oxygens (including phenoxy) is 1. The molecular weight excluding hydrogens is 300 g/mol. The summed E-state index contributed by atoms with van der Waals surface area (Å²) in [6.07, 6.45) is 1.77. The molecule has 24 heavy (non-hydrogen) atoms. The standard InChI is InChI=1S/C20H24N2O2/c1-4-8-18(17-9-6-5-7-10-17)21-22-20(23)14-24-19-13-15(2)11-12-16(19)3/h5-7,9-13H,4,8,14H2,1-3H3,(H,22,23)/b21-18+. The number of carbonyl (C=O) groups excluding carboxylic acids is 1. The fourth-order valence-corrected chi connectivity index (χ4v) is 2.30. The van der Waals surface area contributed by atoms with Gasteiger partial charge in [-0.05, 0) is 43.0 Å². The SMILES string of the molecule is CCC/C(=N\NC(=O)COc1cc(C)ccc1C)c1ccccc1. The van der Waals surface area contributed by atoms with Crippen LogP contribution < -0.4 is 10.2 Å². The predicted octanol–water partition coefficient (Wildman–Crippen LogP) is 4.00. The molecule has 0 atom stereocenters. The first kappa shape index (κ1) is 17.7.